The van der Waals surface area contributed by atoms with Crippen molar-refractivity contribution in [2.24, 2.45) is 11.7 Å². The molecule has 2 rings (SSSR count). The van der Waals surface area contributed by atoms with Gasteiger partial charge in [-0.3, -0.25) is 4.79 Å². The van der Waals surface area contributed by atoms with E-state index in [0.717, 1.165) is 50.8 Å². The maximum absolute atomic E-state index is 12.3. The minimum Gasteiger partial charge on any atom is -0.450 e. The van der Waals surface area contributed by atoms with Crippen molar-refractivity contribution < 1.29 is 14.3 Å². The minimum atomic E-state index is -0.701. The van der Waals surface area contributed by atoms with Gasteiger partial charge in [-0.1, -0.05) is 24.6 Å². The lowest BCUT2D eigenvalue weighted by Crippen LogP contribution is -2.38. The molecule has 5 heteroatoms. The van der Waals surface area contributed by atoms with Gasteiger partial charge in [0.2, 0.25) is 0 Å². The fourth-order valence-corrected chi connectivity index (χ4v) is 2.90. The van der Waals surface area contributed by atoms with Crippen LogP contribution in [-0.2, 0) is 4.74 Å². The van der Waals surface area contributed by atoms with E-state index in [1.54, 1.807) is 0 Å². The number of piperidine rings is 1. The first-order chi connectivity index (χ1) is 10.7. The lowest BCUT2D eigenvalue weighted by Gasteiger charge is -2.32. The van der Waals surface area contributed by atoms with Gasteiger partial charge in [-0.05, 0) is 43.7 Å². The molecule has 1 heterocycles. The van der Waals surface area contributed by atoms with Crippen LogP contribution in [0.4, 0.5) is 4.79 Å². The summed E-state index contributed by atoms with van der Waals surface area (Å²) in [7, 11) is 0. The van der Waals surface area contributed by atoms with Crippen molar-refractivity contribution in [2.75, 3.05) is 19.7 Å². The largest absolute Gasteiger partial charge is 0.450 e. The van der Waals surface area contributed by atoms with Gasteiger partial charge in [0.1, 0.15) is 0 Å². The molecule has 1 aromatic carbocycles. The molecule has 2 amide bonds. The second-order valence-electron chi connectivity index (χ2n) is 5.76. The van der Waals surface area contributed by atoms with Gasteiger partial charge < -0.3 is 15.4 Å². The molecule has 0 saturated carbocycles. The standard InChI is InChI=1S/C17H24N2O3/c18-17(21)22-13-5-4-6-14-9-11-19(12-10-14)16(20)15-7-2-1-3-8-15/h1-3,7-8,14H,4-6,9-13H2,(H2,18,21). The highest BCUT2D eigenvalue weighted by molar-refractivity contribution is 5.94. The van der Waals surface area contributed by atoms with Gasteiger partial charge in [0.25, 0.3) is 5.91 Å². The Morgan fingerprint density at radius 2 is 1.82 bits per heavy atom. The van der Waals surface area contributed by atoms with Crippen LogP contribution in [0.2, 0.25) is 0 Å². The molecule has 120 valence electrons. The average Bonchev–Trinajstić information content (AvgIpc) is 2.55. The highest BCUT2D eigenvalue weighted by atomic mass is 16.5. The van der Waals surface area contributed by atoms with E-state index in [0.29, 0.717) is 12.5 Å². The molecule has 0 atom stereocenters. The fourth-order valence-electron chi connectivity index (χ4n) is 2.90. The van der Waals surface area contributed by atoms with Crippen LogP contribution in [0.1, 0.15) is 42.5 Å². The van der Waals surface area contributed by atoms with Gasteiger partial charge in [0.15, 0.2) is 0 Å². The van der Waals surface area contributed by atoms with Crippen molar-refractivity contribution in [3.05, 3.63) is 35.9 Å². The molecule has 5 nitrogen and oxygen atoms in total. The Balaban J connectivity index is 1.65. The molecule has 1 aromatic rings. The number of unbranched alkanes of at least 4 members (excludes halogenated alkanes) is 1. The first-order valence-corrected chi connectivity index (χ1v) is 7.93. The molecule has 0 aliphatic carbocycles. The maximum Gasteiger partial charge on any atom is 0.404 e. The molecule has 2 N–H and O–H groups in total. The summed E-state index contributed by atoms with van der Waals surface area (Å²) >= 11 is 0. The summed E-state index contributed by atoms with van der Waals surface area (Å²) in [6, 6.07) is 9.45. The van der Waals surface area contributed by atoms with Gasteiger partial charge >= 0.3 is 6.09 Å². The van der Waals surface area contributed by atoms with Crippen LogP contribution in [-0.4, -0.2) is 36.6 Å². The van der Waals surface area contributed by atoms with Gasteiger partial charge in [0.05, 0.1) is 6.61 Å². The molecule has 1 aliphatic rings. The van der Waals surface area contributed by atoms with E-state index in [-0.39, 0.29) is 5.91 Å². The zero-order valence-corrected chi connectivity index (χ0v) is 12.9. The third-order valence-corrected chi connectivity index (χ3v) is 4.17. The number of nitrogens with zero attached hydrogens (tertiary/aromatic N) is 1. The summed E-state index contributed by atoms with van der Waals surface area (Å²) in [4.78, 5) is 24.7. The average molecular weight is 304 g/mol. The van der Waals surface area contributed by atoms with Crippen LogP contribution in [0.5, 0.6) is 0 Å². The van der Waals surface area contributed by atoms with Crippen molar-refractivity contribution in [3.8, 4) is 0 Å². The number of hydrogen-bond donors (Lipinski definition) is 1. The monoisotopic (exact) mass is 304 g/mol. The van der Waals surface area contributed by atoms with Crippen LogP contribution in [0.3, 0.4) is 0 Å². The third-order valence-electron chi connectivity index (χ3n) is 4.17. The van der Waals surface area contributed by atoms with E-state index in [2.05, 4.69) is 0 Å². The normalized spacial score (nSPS) is 15.5. The summed E-state index contributed by atoms with van der Waals surface area (Å²) in [5, 5.41) is 0. The van der Waals surface area contributed by atoms with E-state index < -0.39 is 6.09 Å². The lowest BCUT2D eigenvalue weighted by atomic mass is 9.91. The summed E-state index contributed by atoms with van der Waals surface area (Å²) in [5.74, 6) is 0.794. The number of ether oxygens (including phenoxy) is 1. The first kappa shape index (κ1) is 16.3. The number of primary amides is 1. The third kappa shape index (κ3) is 5.06. The van der Waals surface area contributed by atoms with Crippen molar-refractivity contribution in [1.29, 1.82) is 0 Å². The number of carbonyl (C=O) groups is 2. The Labute approximate surface area is 131 Å². The van der Waals surface area contributed by atoms with Gasteiger partial charge in [-0.2, -0.15) is 0 Å². The van der Waals surface area contributed by atoms with Crippen LogP contribution in [0.25, 0.3) is 0 Å². The molecular weight excluding hydrogens is 280 g/mol. The molecule has 22 heavy (non-hydrogen) atoms. The highest BCUT2D eigenvalue weighted by Crippen LogP contribution is 2.23. The number of hydrogen-bond acceptors (Lipinski definition) is 3. The summed E-state index contributed by atoms with van der Waals surface area (Å²) in [5.41, 5.74) is 5.68. The van der Waals surface area contributed by atoms with Gasteiger partial charge in [0, 0.05) is 18.7 Å². The summed E-state index contributed by atoms with van der Waals surface area (Å²) in [6.45, 7) is 2.06. The molecule has 0 bridgehead atoms. The Morgan fingerprint density at radius 3 is 2.45 bits per heavy atom. The second kappa shape index (κ2) is 8.41. The molecular formula is C17H24N2O3. The minimum absolute atomic E-state index is 0.133. The smallest absolute Gasteiger partial charge is 0.404 e. The van der Waals surface area contributed by atoms with Crippen molar-refractivity contribution in [2.45, 2.75) is 32.1 Å². The second-order valence-corrected chi connectivity index (χ2v) is 5.76. The summed E-state index contributed by atoms with van der Waals surface area (Å²) < 4.78 is 4.71. The SMILES string of the molecule is NC(=O)OCCCCC1CCN(C(=O)c2ccccc2)CC1. The molecule has 0 spiro atoms. The zero-order chi connectivity index (χ0) is 15.8. The van der Waals surface area contributed by atoms with Crippen LogP contribution in [0.15, 0.2) is 30.3 Å². The van der Waals surface area contributed by atoms with Gasteiger partial charge in [-0.15, -0.1) is 0 Å². The number of nitrogens with two attached hydrogens (primary N) is 1. The van der Waals surface area contributed by atoms with E-state index in [4.69, 9.17) is 10.5 Å². The molecule has 0 unspecified atom stereocenters. The van der Waals surface area contributed by atoms with E-state index in [9.17, 15) is 9.59 Å². The molecule has 1 aliphatic heterocycles. The number of amides is 2. The Morgan fingerprint density at radius 1 is 1.14 bits per heavy atom. The molecule has 0 radical (unpaired) electrons. The number of carbonyl (C=O) groups excluding carboxylic acids is 2. The van der Waals surface area contributed by atoms with Crippen molar-refractivity contribution in [3.63, 3.8) is 0 Å². The van der Waals surface area contributed by atoms with Gasteiger partial charge in [-0.25, -0.2) is 4.79 Å². The lowest BCUT2D eigenvalue weighted by molar-refractivity contribution is 0.0685. The van der Waals surface area contributed by atoms with Crippen LogP contribution >= 0.6 is 0 Å². The Hall–Kier alpha value is -2.04. The van der Waals surface area contributed by atoms with Crippen molar-refractivity contribution in [1.82, 2.24) is 4.90 Å². The van der Waals surface area contributed by atoms with E-state index in [1.165, 1.54) is 0 Å². The molecule has 1 saturated heterocycles. The predicted octanol–water partition coefficient (Wildman–Crippen LogP) is 2.80. The Kier molecular flexibility index (Phi) is 6.25. The highest BCUT2D eigenvalue weighted by Gasteiger charge is 2.23. The maximum atomic E-state index is 12.3. The topological polar surface area (TPSA) is 72.6 Å². The van der Waals surface area contributed by atoms with Crippen LogP contribution in [0, 0.1) is 5.92 Å². The Bertz CT molecular complexity index is 482. The fraction of sp³-hybridized carbons (Fsp3) is 0.529. The quantitative estimate of drug-likeness (QED) is 0.821. The number of benzene rings is 1. The van der Waals surface area contributed by atoms with Crippen LogP contribution < -0.4 is 5.73 Å². The summed E-state index contributed by atoms with van der Waals surface area (Å²) in [6.07, 6.45) is 4.41. The first-order valence-electron chi connectivity index (χ1n) is 7.93. The molecule has 1 fully saturated rings. The molecule has 0 aromatic heterocycles. The van der Waals surface area contributed by atoms with E-state index >= 15 is 0 Å². The zero-order valence-electron chi connectivity index (χ0n) is 12.9. The predicted molar refractivity (Wildman–Crippen MR) is 84.5 cm³/mol. The number of rotatable bonds is 6. The van der Waals surface area contributed by atoms with E-state index in [1.807, 2.05) is 35.2 Å². The van der Waals surface area contributed by atoms with Crippen molar-refractivity contribution >= 4 is 12.0 Å². The number of likely N-dealkylation sites (tertiary alicyclic amines) is 1.